The Morgan fingerprint density at radius 2 is 0.861 bits per heavy atom. The molecule has 0 bridgehead atoms. The van der Waals surface area contributed by atoms with E-state index in [-0.39, 0.29) is 132 Å². The molecule has 1 aromatic rings. The number of guanidine groups is 2. The molecule has 0 unspecified atom stereocenters. The van der Waals surface area contributed by atoms with E-state index in [1.54, 1.807) is 39.8 Å². The van der Waals surface area contributed by atoms with Crippen LogP contribution < -0.4 is 98.2 Å². The monoisotopic (exact) mass is 1740 g/mol. The number of aliphatic hydroxyl groups is 1. The topological polar surface area (TPSA) is 601 Å². The summed E-state index contributed by atoms with van der Waals surface area (Å²) in [5.74, 6) is -11.4. The number of nitrogens with two attached hydrogens (primary N) is 6. The summed E-state index contributed by atoms with van der Waals surface area (Å²) < 4.78 is 5.20. The molecule has 1 heterocycles. The number of aliphatic imine (C=N–C) groups is 2. The van der Waals surface area contributed by atoms with E-state index in [0.29, 0.717) is 43.6 Å². The van der Waals surface area contributed by atoms with Gasteiger partial charge in [0.05, 0.1) is 12.9 Å². The fourth-order valence-electron chi connectivity index (χ4n) is 12.4. The summed E-state index contributed by atoms with van der Waals surface area (Å²) >= 11 is 1.29. The molecule has 1 aromatic heterocycles. The van der Waals surface area contributed by atoms with Crippen molar-refractivity contribution in [2.75, 3.05) is 50.8 Å². The van der Waals surface area contributed by atoms with Gasteiger partial charge in [-0.3, -0.25) is 67.5 Å². The van der Waals surface area contributed by atoms with Gasteiger partial charge in [-0.2, -0.15) is 11.8 Å². The molecule has 0 saturated heterocycles. The van der Waals surface area contributed by atoms with Gasteiger partial charge in [0.25, 0.3) is 0 Å². The van der Waals surface area contributed by atoms with Crippen LogP contribution in [0.2, 0.25) is 0 Å². The largest absolute Gasteiger partial charge is 0.480 e. The number of allylic oxidation sites excluding steroid dienone is 7. The quantitative estimate of drug-likeness (QED) is 0.0146. The highest BCUT2D eigenvalue weighted by Crippen LogP contribution is 2.18. The maximum Gasteiger partial charge on any atom is 0.326 e. The Hall–Kier alpha value is -10.1. The molecule has 0 aromatic carbocycles. The van der Waals surface area contributed by atoms with Crippen LogP contribution in [0.15, 0.2) is 85.5 Å². The number of carbonyl (C=O) groups is 13. The maximum absolute atomic E-state index is 15.0. The van der Waals surface area contributed by atoms with Crippen molar-refractivity contribution < 1.29 is 77.0 Å². The Morgan fingerprint density at radius 3 is 1.30 bits per heavy atom. The average Bonchev–Trinajstić information content (AvgIpc) is 0.882. The van der Waals surface area contributed by atoms with Crippen molar-refractivity contribution in [1.29, 1.82) is 0 Å². The van der Waals surface area contributed by atoms with Crippen LogP contribution in [0.3, 0.4) is 0 Å². The molecule has 0 radical (unpaired) electrons. The number of carbonyl (C=O) groups excluding carboxylic acids is 12. The summed E-state index contributed by atoms with van der Waals surface area (Å²) in [5, 5.41) is 52.7. The molecule has 0 aliphatic carbocycles. The fourth-order valence-corrected chi connectivity index (χ4v) is 13.4. The second kappa shape index (κ2) is 62.9. The zero-order valence-electron chi connectivity index (χ0n) is 74.2. The van der Waals surface area contributed by atoms with Crippen LogP contribution in [0.4, 0.5) is 0 Å². The lowest BCUT2D eigenvalue weighted by Gasteiger charge is -2.29. The van der Waals surface area contributed by atoms with Gasteiger partial charge in [-0.1, -0.05) is 88.1 Å². The minimum absolute atomic E-state index is 0.00666. The van der Waals surface area contributed by atoms with Crippen LogP contribution in [0, 0.1) is 17.8 Å². The van der Waals surface area contributed by atoms with Crippen LogP contribution in [0.5, 0.6) is 0 Å². The number of amides is 12. The zero-order chi connectivity index (χ0) is 91.8. The molecule has 26 N–H and O–H groups in total. The number of hydrogen-bond donors (Lipinski definition) is 20. The molecule has 122 heavy (non-hydrogen) atoms. The predicted octanol–water partition coefficient (Wildman–Crippen LogP) is 3.02. The number of rotatable bonds is 64. The molecule has 0 aliphatic heterocycles. The third kappa shape index (κ3) is 50.3. The molecule has 0 saturated carbocycles. The first-order chi connectivity index (χ1) is 57.7. The summed E-state index contributed by atoms with van der Waals surface area (Å²) in [6.07, 6.45) is 20.6. The average molecular weight is 1740 g/mol. The predicted molar refractivity (Wildman–Crippen MR) is 477 cm³/mol. The van der Waals surface area contributed by atoms with Gasteiger partial charge in [-0.15, -0.1) is 0 Å². The van der Waals surface area contributed by atoms with Crippen molar-refractivity contribution in [3.8, 4) is 0 Å². The van der Waals surface area contributed by atoms with Gasteiger partial charge < -0.3 is 113 Å². The number of furan rings is 1. The molecular formula is C85H146N20O16S. The lowest BCUT2D eigenvalue weighted by Crippen LogP contribution is -2.61. The summed E-state index contributed by atoms with van der Waals surface area (Å²) in [6.45, 7) is 23.1. The van der Waals surface area contributed by atoms with Gasteiger partial charge in [0.2, 0.25) is 70.9 Å². The van der Waals surface area contributed by atoms with Crippen molar-refractivity contribution in [1.82, 2.24) is 63.8 Å². The molecule has 688 valence electrons. The fraction of sp³-hybridized carbons (Fsp3) is 0.659. The number of thioether (sulfide) groups is 1. The van der Waals surface area contributed by atoms with Crippen molar-refractivity contribution in [3.63, 3.8) is 0 Å². The van der Waals surface area contributed by atoms with E-state index < -0.39 is 150 Å². The Bertz CT molecular complexity index is 3640. The Kier molecular flexibility index (Phi) is 56.6. The van der Waals surface area contributed by atoms with Gasteiger partial charge in [0.15, 0.2) is 11.9 Å². The van der Waals surface area contributed by atoms with Crippen LogP contribution in [0.25, 0.3) is 6.08 Å². The van der Waals surface area contributed by atoms with Crippen molar-refractivity contribution in [2.45, 2.75) is 291 Å². The van der Waals surface area contributed by atoms with E-state index in [2.05, 4.69) is 120 Å². The Balaban J connectivity index is 3.80. The van der Waals surface area contributed by atoms with Gasteiger partial charge in [0.1, 0.15) is 72.2 Å². The molecule has 0 fully saturated rings. The smallest absolute Gasteiger partial charge is 0.326 e. The summed E-state index contributed by atoms with van der Waals surface area (Å²) in [5.41, 5.74) is 39.3. The first-order valence-corrected chi connectivity index (χ1v) is 43.7. The molecule has 0 spiro atoms. The number of aliphatic hydroxyl groups excluding tert-OH is 1. The van der Waals surface area contributed by atoms with Crippen LogP contribution >= 0.6 is 11.8 Å². The lowest BCUT2D eigenvalue weighted by atomic mass is 9.98. The van der Waals surface area contributed by atoms with Crippen LogP contribution in [-0.4, -0.2) is 216 Å². The van der Waals surface area contributed by atoms with Gasteiger partial charge in [-0.05, 0) is 225 Å². The minimum Gasteiger partial charge on any atom is -0.480 e. The number of aliphatic carboxylic acids is 1. The number of hydrogen-bond acceptors (Lipinski definition) is 20. The highest BCUT2D eigenvalue weighted by Gasteiger charge is 2.37. The Morgan fingerprint density at radius 1 is 0.459 bits per heavy atom. The second-order valence-electron chi connectivity index (χ2n) is 32.2. The van der Waals surface area contributed by atoms with Crippen molar-refractivity contribution in [3.05, 3.63) is 76.8 Å². The van der Waals surface area contributed by atoms with E-state index in [4.69, 9.17) is 38.8 Å². The number of nitrogens with zero attached hydrogens (tertiary/aromatic N) is 2. The van der Waals surface area contributed by atoms with E-state index in [9.17, 15) is 67.7 Å². The third-order valence-corrected chi connectivity index (χ3v) is 20.2. The van der Waals surface area contributed by atoms with Gasteiger partial charge in [-0.25, -0.2) is 4.79 Å². The van der Waals surface area contributed by atoms with E-state index >= 15 is 4.79 Å². The van der Waals surface area contributed by atoms with E-state index in [1.165, 1.54) is 60.7 Å². The molecule has 36 nitrogen and oxygen atoms in total. The van der Waals surface area contributed by atoms with Gasteiger partial charge in [0, 0.05) is 44.1 Å². The number of unbranched alkanes of at least 4 members (excludes halogenated alkanes) is 3. The standard InChI is InChI=1S/C85H146N20O16S/c1-52(2)26-20-27-56(9)28-21-29-57(10)30-22-31-58(11)40-47-122-51-70(81(117)105-72(55(7)8)82(118)101-67(48-53(3)4)79(115)102-68(83(119)120)49-54(5)6)104-78(114)66(37-24-45-94-85(90)91)99-76(112)65(36-23-44-93-84(88)89)100-80(116)69(50-106)103-77(113)64(34-15-18-42-87)98-75(111)63(33-14-17-41-86)97-73(109)59(12)95-74(110)62(96-60(13)107)35-16-19-43-92-71(108)39-38-61-32-25-46-121-61/h25-26,28,30,32,38-40,46,53-55,59,62-70,72,106H,14-24,27,29,31,33-37,41-45,47-51,86-87H2,1-13H3,(H,92,108)(H,95,110)(H,96,107)(H,97,109)(H,98,111)(H,99,112)(H,100,116)(H,101,118)(H,102,115)(H,103,113)(H,104,114)(H,105,117)(H,119,120)(H4,88,89,93)(H4,90,91,94)/b39-38+,56-28+,57-30+,58-40+/t59-,62-,63-,64-,65-,66-,67-,68-,69-,70-,72-/m0/s1. The first kappa shape index (κ1) is 110. The minimum atomic E-state index is -1.81. The lowest BCUT2D eigenvalue weighted by molar-refractivity contribution is -0.143. The van der Waals surface area contributed by atoms with Crippen molar-refractivity contribution in [2.24, 2.45) is 62.1 Å². The summed E-state index contributed by atoms with van der Waals surface area (Å²) in [7, 11) is 0. The second-order valence-corrected chi connectivity index (χ2v) is 33.2. The highest BCUT2D eigenvalue weighted by atomic mass is 32.2. The molecule has 1 rings (SSSR count). The molecule has 11 atom stereocenters. The normalized spacial score (nSPS) is 14.5. The molecular weight excluding hydrogens is 1590 g/mol. The third-order valence-electron chi connectivity index (χ3n) is 19.3. The summed E-state index contributed by atoms with van der Waals surface area (Å²) in [4.78, 5) is 189. The van der Waals surface area contributed by atoms with Crippen molar-refractivity contribution >= 4 is 107 Å². The van der Waals surface area contributed by atoms with Crippen LogP contribution in [0.1, 0.15) is 231 Å². The SMILES string of the molecule is CC(=O)N[C@@H](CCCCNC(=O)/C=C/c1ccco1)C(=O)N[C@@H](C)C(=O)N[C@@H](CCCCN)C(=O)N[C@@H](CCCCN)C(=O)N[C@@H](CO)C(=O)N[C@@H](CCCN=C(N)N)C(=O)N[C@@H](CCCN=C(N)N)C(=O)N[C@@H](CSC/C=C(\C)CC/C=C(\C)CC/C=C(\C)CCC=C(C)C)C(=O)N[C@H](C(=O)N[C@@H](CC(C)C)C(=O)N[C@@H](CC(C)C)C(=O)O)C(C)C. The summed E-state index contributed by atoms with van der Waals surface area (Å²) in [6, 6.07) is -11.9. The number of carboxylic acids is 1. The molecule has 37 heteroatoms. The zero-order valence-corrected chi connectivity index (χ0v) is 75.0. The van der Waals surface area contributed by atoms with Crippen LogP contribution in [-0.2, 0) is 62.3 Å². The number of nitrogens with one attached hydrogen (secondary N) is 12. The first-order valence-electron chi connectivity index (χ1n) is 42.5. The van der Waals surface area contributed by atoms with E-state index in [0.717, 1.165) is 44.1 Å². The highest BCUT2D eigenvalue weighted by molar-refractivity contribution is 7.99. The Labute approximate surface area is 725 Å². The molecule has 0 aliphatic rings. The molecule has 12 amide bonds. The van der Waals surface area contributed by atoms with E-state index in [1.807, 2.05) is 26.8 Å². The number of carboxylic acid groups (broad SMARTS) is 1. The van der Waals surface area contributed by atoms with Gasteiger partial charge >= 0.3 is 5.97 Å². The maximum atomic E-state index is 15.0.